The van der Waals surface area contributed by atoms with Crippen molar-refractivity contribution in [1.82, 2.24) is 9.88 Å². The highest BCUT2D eigenvalue weighted by atomic mass is 16.5. The first kappa shape index (κ1) is 15.6. The Morgan fingerprint density at radius 3 is 3.04 bits per heavy atom. The Morgan fingerprint density at radius 1 is 1.28 bits per heavy atom. The van der Waals surface area contributed by atoms with Crippen LogP contribution in [-0.4, -0.2) is 28.4 Å². The summed E-state index contributed by atoms with van der Waals surface area (Å²) in [5.41, 5.74) is 3.04. The minimum absolute atomic E-state index is 0.0295. The molecule has 0 bridgehead atoms. The Kier molecular flexibility index (Phi) is 4.09. The number of carbonyl (C=O) groups excluding carboxylic acids is 2. The van der Waals surface area contributed by atoms with E-state index in [-0.39, 0.29) is 18.0 Å². The van der Waals surface area contributed by atoms with Crippen LogP contribution in [0.1, 0.15) is 46.8 Å². The number of esters is 1. The summed E-state index contributed by atoms with van der Waals surface area (Å²) in [7, 11) is 0. The van der Waals surface area contributed by atoms with Crippen LogP contribution in [0.5, 0.6) is 0 Å². The smallest absolute Gasteiger partial charge is 0.338 e. The van der Waals surface area contributed by atoms with Gasteiger partial charge in [-0.1, -0.05) is 12.1 Å². The summed E-state index contributed by atoms with van der Waals surface area (Å²) in [6, 6.07) is 9.10. The molecule has 6 nitrogen and oxygen atoms in total. The van der Waals surface area contributed by atoms with Gasteiger partial charge in [0.15, 0.2) is 0 Å². The molecule has 25 heavy (non-hydrogen) atoms. The van der Waals surface area contributed by atoms with Crippen LogP contribution in [0, 0.1) is 0 Å². The van der Waals surface area contributed by atoms with Crippen molar-refractivity contribution in [2.24, 2.45) is 0 Å². The van der Waals surface area contributed by atoms with Crippen molar-refractivity contribution < 1.29 is 14.3 Å². The number of piperidine rings is 1. The number of benzene rings is 1. The summed E-state index contributed by atoms with van der Waals surface area (Å²) in [5.74, 6) is -0.336. The number of fused-ring (bicyclic) bond motifs is 1. The Bertz CT molecular complexity index is 807. The molecular weight excluding hydrogens is 318 g/mol. The molecule has 2 aliphatic rings. The van der Waals surface area contributed by atoms with Gasteiger partial charge in [0, 0.05) is 30.2 Å². The fourth-order valence-corrected chi connectivity index (χ4v) is 3.48. The van der Waals surface area contributed by atoms with Crippen molar-refractivity contribution in [3.8, 4) is 0 Å². The number of anilines is 1. The van der Waals surface area contributed by atoms with Crippen LogP contribution in [0.2, 0.25) is 0 Å². The molecule has 2 aliphatic heterocycles. The molecule has 3 heterocycles. The monoisotopic (exact) mass is 337 g/mol. The van der Waals surface area contributed by atoms with E-state index in [0.29, 0.717) is 24.4 Å². The van der Waals surface area contributed by atoms with Crippen molar-refractivity contribution >= 4 is 17.7 Å². The SMILES string of the molecule is O=C1OCc2ccc(NC(=O)N3CCCCC3c3cccnc3)cc21. The second-order valence-corrected chi connectivity index (χ2v) is 6.37. The van der Waals surface area contributed by atoms with E-state index in [1.165, 1.54) is 0 Å². The highest BCUT2D eigenvalue weighted by Gasteiger charge is 2.28. The number of ether oxygens (including phenoxy) is 1. The van der Waals surface area contributed by atoms with Gasteiger partial charge in [0.25, 0.3) is 0 Å². The number of hydrogen-bond donors (Lipinski definition) is 1. The van der Waals surface area contributed by atoms with Gasteiger partial charge in [0.05, 0.1) is 11.6 Å². The Labute approximate surface area is 145 Å². The zero-order valence-electron chi connectivity index (χ0n) is 13.8. The van der Waals surface area contributed by atoms with Gasteiger partial charge in [0.1, 0.15) is 6.61 Å². The fourth-order valence-electron chi connectivity index (χ4n) is 3.48. The van der Waals surface area contributed by atoms with Crippen molar-refractivity contribution in [1.29, 1.82) is 0 Å². The van der Waals surface area contributed by atoms with Gasteiger partial charge in [-0.3, -0.25) is 4.98 Å². The van der Waals surface area contributed by atoms with Crippen molar-refractivity contribution in [2.75, 3.05) is 11.9 Å². The third kappa shape index (κ3) is 3.07. The van der Waals surface area contributed by atoms with Crippen LogP contribution in [0.15, 0.2) is 42.7 Å². The summed E-state index contributed by atoms with van der Waals surface area (Å²) in [6.45, 7) is 1.01. The number of cyclic esters (lactones) is 1. The molecule has 1 N–H and O–H groups in total. The van der Waals surface area contributed by atoms with E-state index < -0.39 is 0 Å². The van der Waals surface area contributed by atoms with Crippen LogP contribution >= 0.6 is 0 Å². The lowest BCUT2D eigenvalue weighted by Crippen LogP contribution is -2.41. The summed E-state index contributed by atoms with van der Waals surface area (Å²) in [6.07, 6.45) is 6.56. The lowest BCUT2D eigenvalue weighted by atomic mass is 9.97. The normalized spacial score (nSPS) is 19.3. The molecule has 0 spiro atoms. The van der Waals surface area contributed by atoms with Gasteiger partial charge in [-0.25, -0.2) is 9.59 Å². The van der Waals surface area contributed by atoms with Gasteiger partial charge in [-0.2, -0.15) is 0 Å². The number of nitrogens with zero attached hydrogens (tertiary/aromatic N) is 2. The van der Waals surface area contributed by atoms with Gasteiger partial charge >= 0.3 is 12.0 Å². The molecule has 1 saturated heterocycles. The van der Waals surface area contributed by atoms with E-state index in [2.05, 4.69) is 10.3 Å². The largest absolute Gasteiger partial charge is 0.457 e. The molecule has 0 radical (unpaired) electrons. The molecule has 0 aliphatic carbocycles. The lowest BCUT2D eigenvalue weighted by Gasteiger charge is -2.35. The summed E-state index contributed by atoms with van der Waals surface area (Å²) in [5, 5.41) is 2.92. The van der Waals surface area contributed by atoms with Crippen molar-refractivity contribution in [3.05, 3.63) is 59.4 Å². The third-order valence-electron chi connectivity index (χ3n) is 4.77. The number of carbonyl (C=O) groups is 2. The standard InChI is InChI=1S/C19H19N3O3/c23-18-16-10-15(7-6-14(16)12-25-18)21-19(24)22-9-2-1-5-17(22)13-4-3-8-20-11-13/h3-4,6-8,10-11,17H,1-2,5,9,12H2,(H,21,24). The first-order valence-corrected chi connectivity index (χ1v) is 8.50. The van der Waals surface area contributed by atoms with Gasteiger partial charge in [-0.05, 0) is 43.0 Å². The molecule has 4 rings (SSSR count). The molecular formula is C19H19N3O3. The Morgan fingerprint density at radius 2 is 2.20 bits per heavy atom. The van der Waals surface area contributed by atoms with Gasteiger partial charge < -0.3 is 15.0 Å². The number of pyridine rings is 1. The Hall–Kier alpha value is -2.89. The van der Waals surface area contributed by atoms with E-state index in [9.17, 15) is 9.59 Å². The molecule has 2 amide bonds. The topological polar surface area (TPSA) is 71.5 Å². The number of aromatic nitrogens is 1. The average Bonchev–Trinajstić information content (AvgIpc) is 3.03. The van der Waals surface area contributed by atoms with Gasteiger partial charge in [0.2, 0.25) is 0 Å². The van der Waals surface area contributed by atoms with E-state index in [1.807, 2.05) is 35.4 Å². The minimum atomic E-state index is -0.336. The molecule has 1 fully saturated rings. The first-order valence-electron chi connectivity index (χ1n) is 8.50. The number of rotatable bonds is 2. The maximum atomic E-state index is 12.8. The predicted octanol–water partition coefficient (Wildman–Crippen LogP) is 3.51. The van der Waals surface area contributed by atoms with Crippen LogP contribution in [0.4, 0.5) is 10.5 Å². The molecule has 1 unspecified atom stereocenters. The zero-order chi connectivity index (χ0) is 17.2. The molecule has 128 valence electrons. The van der Waals surface area contributed by atoms with Crippen molar-refractivity contribution in [2.45, 2.75) is 31.9 Å². The Balaban J connectivity index is 1.53. The average molecular weight is 337 g/mol. The predicted molar refractivity (Wildman–Crippen MR) is 92.1 cm³/mol. The second-order valence-electron chi connectivity index (χ2n) is 6.37. The number of amides is 2. The first-order chi connectivity index (χ1) is 12.2. The third-order valence-corrected chi connectivity index (χ3v) is 4.77. The quantitative estimate of drug-likeness (QED) is 0.851. The number of likely N-dealkylation sites (tertiary alicyclic amines) is 1. The van der Waals surface area contributed by atoms with Crippen LogP contribution in [0.25, 0.3) is 0 Å². The summed E-state index contributed by atoms with van der Waals surface area (Å²) < 4.78 is 5.01. The van der Waals surface area contributed by atoms with Gasteiger partial charge in [-0.15, -0.1) is 0 Å². The molecule has 2 aromatic rings. The van der Waals surface area contributed by atoms with E-state index in [0.717, 1.165) is 30.4 Å². The van der Waals surface area contributed by atoms with Crippen molar-refractivity contribution in [3.63, 3.8) is 0 Å². The van der Waals surface area contributed by atoms with E-state index >= 15 is 0 Å². The molecule has 6 heteroatoms. The maximum absolute atomic E-state index is 12.8. The maximum Gasteiger partial charge on any atom is 0.338 e. The fraction of sp³-hybridized carbons (Fsp3) is 0.316. The zero-order valence-corrected chi connectivity index (χ0v) is 13.8. The highest BCUT2D eigenvalue weighted by molar-refractivity contribution is 5.96. The number of hydrogen-bond acceptors (Lipinski definition) is 4. The second kappa shape index (κ2) is 6.55. The lowest BCUT2D eigenvalue weighted by molar-refractivity contribution is 0.0535. The molecule has 1 aromatic carbocycles. The number of nitrogens with one attached hydrogen (secondary N) is 1. The summed E-state index contributed by atoms with van der Waals surface area (Å²) in [4.78, 5) is 30.5. The molecule has 1 aromatic heterocycles. The molecule has 1 atom stereocenters. The number of urea groups is 1. The van der Waals surface area contributed by atoms with Crippen LogP contribution in [0.3, 0.4) is 0 Å². The minimum Gasteiger partial charge on any atom is -0.457 e. The summed E-state index contributed by atoms with van der Waals surface area (Å²) >= 11 is 0. The van der Waals surface area contributed by atoms with E-state index in [1.54, 1.807) is 12.3 Å². The van der Waals surface area contributed by atoms with E-state index in [4.69, 9.17) is 4.74 Å². The van der Waals surface area contributed by atoms with Crippen LogP contribution in [-0.2, 0) is 11.3 Å². The van der Waals surface area contributed by atoms with Crippen LogP contribution < -0.4 is 5.32 Å². The highest BCUT2D eigenvalue weighted by Crippen LogP contribution is 2.31. The molecule has 0 saturated carbocycles.